The Balaban J connectivity index is 2.36. The molecule has 0 spiro atoms. The van der Waals surface area contributed by atoms with Gasteiger partial charge in [-0.25, -0.2) is 4.98 Å². The normalized spacial score (nSPS) is 12.6. The summed E-state index contributed by atoms with van der Waals surface area (Å²) < 4.78 is 2.20. The number of hydrogen-bond acceptors (Lipinski definition) is 3. The van der Waals surface area contributed by atoms with Crippen molar-refractivity contribution in [3.05, 3.63) is 47.8 Å². The van der Waals surface area contributed by atoms with Gasteiger partial charge in [0.1, 0.15) is 5.82 Å². The van der Waals surface area contributed by atoms with Gasteiger partial charge < -0.3 is 9.88 Å². The van der Waals surface area contributed by atoms with E-state index in [4.69, 9.17) is 0 Å². The molecule has 18 heavy (non-hydrogen) atoms. The smallest absolute Gasteiger partial charge is 0.130 e. The highest BCUT2D eigenvalue weighted by Gasteiger charge is 2.17. The second-order valence-electron chi connectivity index (χ2n) is 4.50. The number of nitrogens with zero attached hydrogens (tertiary/aromatic N) is 3. The lowest BCUT2D eigenvalue weighted by Crippen LogP contribution is -2.22. The van der Waals surface area contributed by atoms with E-state index in [1.807, 2.05) is 31.8 Å². The fourth-order valence-electron chi connectivity index (χ4n) is 2.19. The van der Waals surface area contributed by atoms with Gasteiger partial charge in [0.2, 0.25) is 0 Å². The fourth-order valence-corrected chi connectivity index (χ4v) is 2.19. The Bertz CT molecular complexity index is 504. The molecule has 0 amide bonds. The van der Waals surface area contributed by atoms with Crippen molar-refractivity contribution in [2.45, 2.75) is 32.9 Å². The van der Waals surface area contributed by atoms with Gasteiger partial charge in [-0.2, -0.15) is 0 Å². The summed E-state index contributed by atoms with van der Waals surface area (Å²) >= 11 is 0. The van der Waals surface area contributed by atoms with Crippen LogP contribution in [0, 0.1) is 6.92 Å². The summed E-state index contributed by atoms with van der Waals surface area (Å²) in [5.41, 5.74) is 2.32. The first-order valence-corrected chi connectivity index (χ1v) is 6.36. The van der Waals surface area contributed by atoms with Gasteiger partial charge in [0, 0.05) is 31.3 Å². The molecule has 1 atom stereocenters. The fraction of sp³-hybridized carbons (Fsp3) is 0.429. The Morgan fingerprint density at radius 2 is 2.22 bits per heavy atom. The van der Waals surface area contributed by atoms with Crippen LogP contribution in [0.4, 0.5) is 0 Å². The first-order valence-electron chi connectivity index (χ1n) is 6.36. The predicted molar refractivity (Wildman–Crippen MR) is 72.4 cm³/mol. The molecule has 4 heteroatoms. The average Bonchev–Trinajstić information content (AvgIpc) is 2.79. The second kappa shape index (κ2) is 5.78. The Kier molecular flexibility index (Phi) is 4.10. The molecule has 0 saturated heterocycles. The summed E-state index contributed by atoms with van der Waals surface area (Å²) in [6.45, 7) is 5.22. The predicted octanol–water partition coefficient (Wildman–Crippen LogP) is 2.31. The Morgan fingerprint density at radius 1 is 1.39 bits per heavy atom. The summed E-state index contributed by atoms with van der Waals surface area (Å²) in [4.78, 5) is 8.75. The van der Waals surface area contributed by atoms with E-state index in [9.17, 15) is 0 Å². The highest BCUT2D eigenvalue weighted by Crippen LogP contribution is 2.20. The van der Waals surface area contributed by atoms with Gasteiger partial charge >= 0.3 is 0 Å². The lowest BCUT2D eigenvalue weighted by atomic mass is 10.1. The molecule has 0 bridgehead atoms. The van der Waals surface area contributed by atoms with E-state index in [1.54, 1.807) is 0 Å². The first kappa shape index (κ1) is 12.8. The maximum absolute atomic E-state index is 4.48. The maximum Gasteiger partial charge on any atom is 0.130 e. The van der Waals surface area contributed by atoms with Crippen LogP contribution in [0.1, 0.15) is 36.3 Å². The number of pyridine rings is 1. The molecular weight excluding hydrogens is 224 g/mol. The number of aryl methyl sites for hydroxylation is 2. The van der Waals surface area contributed by atoms with Gasteiger partial charge in [-0.1, -0.05) is 13.0 Å². The highest BCUT2D eigenvalue weighted by molar-refractivity contribution is 5.25. The molecule has 0 fully saturated rings. The van der Waals surface area contributed by atoms with Gasteiger partial charge in [-0.15, -0.1) is 0 Å². The molecule has 1 N–H and O–H groups in total. The van der Waals surface area contributed by atoms with Crippen LogP contribution in [0.25, 0.3) is 0 Å². The van der Waals surface area contributed by atoms with Crippen molar-refractivity contribution in [1.29, 1.82) is 0 Å². The zero-order chi connectivity index (χ0) is 13.0. The van der Waals surface area contributed by atoms with E-state index in [2.05, 4.69) is 39.8 Å². The monoisotopic (exact) mass is 244 g/mol. The standard InChI is InChI=1S/C14H20N4/c1-4-6-18-7-5-17-14(18)13(15-3)12-8-11(2)9-16-10-12/h5,7-10,13,15H,4,6H2,1-3H3. The zero-order valence-electron chi connectivity index (χ0n) is 11.2. The van der Waals surface area contributed by atoms with Gasteiger partial charge in [0.05, 0.1) is 6.04 Å². The van der Waals surface area contributed by atoms with E-state index in [1.165, 1.54) is 5.56 Å². The van der Waals surface area contributed by atoms with E-state index in [-0.39, 0.29) is 6.04 Å². The minimum Gasteiger partial charge on any atom is -0.333 e. The third-order valence-electron chi connectivity index (χ3n) is 2.99. The molecule has 2 aromatic heterocycles. The minimum atomic E-state index is 0.0962. The largest absolute Gasteiger partial charge is 0.333 e. The number of aromatic nitrogens is 3. The molecule has 2 aromatic rings. The van der Waals surface area contributed by atoms with Crippen LogP contribution in [-0.2, 0) is 6.54 Å². The molecule has 96 valence electrons. The van der Waals surface area contributed by atoms with Gasteiger partial charge in [-0.05, 0) is 31.5 Å². The van der Waals surface area contributed by atoms with Crippen LogP contribution >= 0.6 is 0 Å². The van der Waals surface area contributed by atoms with Gasteiger partial charge in [0.15, 0.2) is 0 Å². The number of rotatable bonds is 5. The minimum absolute atomic E-state index is 0.0962. The lowest BCUT2D eigenvalue weighted by Gasteiger charge is -2.18. The van der Waals surface area contributed by atoms with Crippen molar-refractivity contribution in [3.8, 4) is 0 Å². The molecule has 2 heterocycles. The molecule has 2 rings (SSSR count). The molecule has 0 aliphatic heterocycles. The van der Waals surface area contributed by atoms with Crippen molar-refractivity contribution < 1.29 is 0 Å². The topological polar surface area (TPSA) is 42.7 Å². The van der Waals surface area contributed by atoms with Gasteiger partial charge in [0.25, 0.3) is 0 Å². The first-order chi connectivity index (χ1) is 8.76. The van der Waals surface area contributed by atoms with Crippen molar-refractivity contribution in [2.75, 3.05) is 7.05 Å². The number of imidazole rings is 1. The van der Waals surface area contributed by atoms with Crippen LogP contribution in [0.3, 0.4) is 0 Å². The lowest BCUT2D eigenvalue weighted by molar-refractivity contribution is 0.567. The van der Waals surface area contributed by atoms with Crippen LogP contribution in [-0.4, -0.2) is 21.6 Å². The molecule has 0 radical (unpaired) electrons. The number of nitrogens with one attached hydrogen (secondary N) is 1. The molecule has 0 aromatic carbocycles. The van der Waals surface area contributed by atoms with Gasteiger partial charge in [-0.3, -0.25) is 4.98 Å². The summed E-state index contributed by atoms with van der Waals surface area (Å²) in [5, 5.41) is 3.32. The maximum atomic E-state index is 4.48. The molecular formula is C14H20N4. The second-order valence-corrected chi connectivity index (χ2v) is 4.50. The van der Waals surface area contributed by atoms with E-state index in [0.29, 0.717) is 0 Å². The zero-order valence-corrected chi connectivity index (χ0v) is 11.2. The van der Waals surface area contributed by atoms with Crippen LogP contribution in [0.2, 0.25) is 0 Å². The van der Waals surface area contributed by atoms with Crippen molar-refractivity contribution >= 4 is 0 Å². The van der Waals surface area contributed by atoms with E-state index < -0.39 is 0 Å². The summed E-state index contributed by atoms with van der Waals surface area (Å²) in [7, 11) is 1.96. The molecule has 0 saturated carbocycles. The quantitative estimate of drug-likeness (QED) is 0.877. The third kappa shape index (κ3) is 2.59. The molecule has 1 unspecified atom stereocenters. The third-order valence-corrected chi connectivity index (χ3v) is 2.99. The molecule has 0 aliphatic rings. The summed E-state index contributed by atoms with van der Waals surface area (Å²) in [6.07, 6.45) is 8.77. The summed E-state index contributed by atoms with van der Waals surface area (Å²) in [5.74, 6) is 1.05. The van der Waals surface area contributed by atoms with E-state index >= 15 is 0 Å². The SMILES string of the molecule is CCCn1ccnc1C(NC)c1cncc(C)c1. The van der Waals surface area contributed by atoms with Crippen molar-refractivity contribution in [1.82, 2.24) is 19.9 Å². The highest BCUT2D eigenvalue weighted by atomic mass is 15.1. The van der Waals surface area contributed by atoms with Crippen molar-refractivity contribution in [2.24, 2.45) is 0 Å². The summed E-state index contributed by atoms with van der Waals surface area (Å²) in [6, 6.07) is 2.25. The Hall–Kier alpha value is -1.68. The molecule has 4 nitrogen and oxygen atoms in total. The Morgan fingerprint density at radius 3 is 2.89 bits per heavy atom. The van der Waals surface area contributed by atoms with Crippen molar-refractivity contribution in [3.63, 3.8) is 0 Å². The molecule has 0 aliphatic carbocycles. The Labute approximate surface area is 108 Å². The number of hydrogen-bond donors (Lipinski definition) is 1. The van der Waals surface area contributed by atoms with Crippen LogP contribution in [0.15, 0.2) is 30.9 Å². The van der Waals surface area contributed by atoms with Crippen LogP contribution in [0.5, 0.6) is 0 Å². The van der Waals surface area contributed by atoms with Crippen LogP contribution < -0.4 is 5.32 Å². The van der Waals surface area contributed by atoms with E-state index in [0.717, 1.165) is 24.4 Å². The average molecular weight is 244 g/mol.